The highest BCUT2D eigenvalue weighted by Crippen LogP contribution is 2.22. The lowest BCUT2D eigenvalue weighted by Crippen LogP contribution is -2.04. The van der Waals surface area contributed by atoms with Crippen LogP contribution in [0.2, 0.25) is 0 Å². The molecule has 0 unspecified atom stereocenters. The van der Waals surface area contributed by atoms with Crippen LogP contribution in [-0.2, 0) is 9.53 Å². The van der Waals surface area contributed by atoms with E-state index in [1.165, 1.54) is 56.9 Å². The van der Waals surface area contributed by atoms with Crippen LogP contribution in [0.25, 0.3) is 0 Å². The van der Waals surface area contributed by atoms with Gasteiger partial charge in [-0.1, -0.05) is 128 Å². The van der Waals surface area contributed by atoms with Gasteiger partial charge in [0.15, 0.2) is 0 Å². The average Bonchev–Trinajstić information content (AvgIpc) is 2.86. The molecule has 0 radical (unpaired) electrons. The van der Waals surface area contributed by atoms with Gasteiger partial charge in [0.25, 0.3) is 0 Å². The van der Waals surface area contributed by atoms with E-state index in [4.69, 9.17) is 4.74 Å². The summed E-state index contributed by atoms with van der Waals surface area (Å²) in [4.78, 5) is 12.0. The Kier molecular flexibility index (Phi) is 25.9. The number of unbranched alkanes of at least 4 members (excludes halogenated alkanes) is 3. The van der Waals surface area contributed by atoms with Crippen molar-refractivity contribution in [1.29, 1.82) is 0 Å². The van der Waals surface area contributed by atoms with E-state index in [-0.39, 0.29) is 5.97 Å². The Labute approximate surface area is 238 Å². The van der Waals surface area contributed by atoms with E-state index < -0.39 is 0 Å². The van der Waals surface area contributed by atoms with Crippen LogP contribution in [0.1, 0.15) is 151 Å². The van der Waals surface area contributed by atoms with Crippen molar-refractivity contribution in [2.24, 2.45) is 17.8 Å². The molecule has 0 heterocycles. The third-order valence-electron chi connectivity index (χ3n) is 7.35. The van der Waals surface area contributed by atoms with E-state index in [1.54, 1.807) is 0 Å². The first-order valence-corrected chi connectivity index (χ1v) is 16.1. The maximum Gasteiger partial charge on any atom is 0.306 e. The Morgan fingerprint density at radius 3 is 1.87 bits per heavy atom. The van der Waals surface area contributed by atoms with E-state index in [1.807, 2.05) is 0 Å². The molecule has 2 atom stereocenters. The van der Waals surface area contributed by atoms with Gasteiger partial charge in [-0.3, -0.25) is 4.79 Å². The summed E-state index contributed by atoms with van der Waals surface area (Å²) in [6.45, 7) is 14.3. The molecule has 0 bridgehead atoms. The molecule has 0 amide bonds. The first-order chi connectivity index (χ1) is 18.3. The van der Waals surface area contributed by atoms with Gasteiger partial charge in [-0.05, 0) is 82.1 Å². The molecule has 0 aromatic carbocycles. The molecule has 0 N–H and O–H groups in total. The summed E-state index contributed by atoms with van der Waals surface area (Å²) in [5, 5.41) is 0. The Balaban J connectivity index is 3.67. The zero-order chi connectivity index (χ0) is 28.3. The van der Waals surface area contributed by atoms with Gasteiger partial charge in [0.1, 0.15) is 6.61 Å². The third-order valence-corrected chi connectivity index (χ3v) is 7.35. The molecule has 0 aromatic heterocycles. The van der Waals surface area contributed by atoms with Gasteiger partial charge in [0.05, 0.1) is 0 Å². The number of esters is 1. The Morgan fingerprint density at radius 2 is 1.24 bits per heavy atom. The monoisotopic (exact) mass is 528 g/mol. The van der Waals surface area contributed by atoms with Gasteiger partial charge in [0.2, 0.25) is 0 Å². The fraction of sp³-hybridized carbons (Fsp3) is 0.750. The van der Waals surface area contributed by atoms with Gasteiger partial charge < -0.3 is 4.74 Å². The van der Waals surface area contributed by atoms with E-state index >= 15 is 0 Å². The van der Waals surface area contributed by atoms with Crippen LogP contribution in [-0.4, -0.2) is 12.6 Å². The smallest absolute Gasteiger partial charge is 0.306 e. The highest BCUT2D eigenvalue weighted by atomic mass is 16.5. The molecule has 0 aromatic rings. The number of hydrogen-bond donors (Lipinski definition) is 0. The molecule has 0 aliphatic rings. The Bertz CT molecular complexity index is 652. The largest absolute Gasteiger partial charge is 0.461 e. The van der Waals surface area contributed by atoms with Crippen molar-refractivity contribution < 1.29 is 9.53 Å². The quantitative estimate of drug-likeness (QED) is 0.0669. The Morgan fingerprint density at radius 1 is 0.658 bits per heavy atom. The minimum absolute atomic E-state index is 0.0566. The fourth-order valence-electron chi connectivity index (χ4n) is 4.69. The van der Waals surface area contributed by atoms with Crippen LogP contribution in [0.5, 0.6) is 0 Å². The zero-order valence-corrected chi connectivity index (χ0v) is 26.3. The SMILES string of the molecule is CC/C=C\C/C=C\C/C=C\CCCCCC(=O)OC/C=C(\C)CCC[C@H](C)CCC[C@H](C)CCCC(C)C. The highest BCUT2D eigenvalue weighted by Gasteiger charge is 2.07. The number of carbonyl (C=O) groups is 1. The van der Waals surface area contributed by atoms with Gasteiger partial charge >= 0.3 is 5.97 Å². The molecule has 0 aliphatic heterocycles. The van der Waals surface area contributed by atoms with Crippen molar-refractivity contribution in [2.75, 3.05) is 6.61 Å². The molecule has 0 aliphatic carbocycles. The number of rotatable bonds is 25. The molecule has 0 saturated carbocycles. The van der Waals surface area contributed by atoms with Crippen LogP contribution >= 0.6 is 0 Å². The van der Waals surface area contributed by atoms with E-state index in [9.17, 15) is 4.79 Å². The van der Waals surface area contributed by atoms with Gasteiger partial charge in [-0.2, -0.15) is 0 Å². The lowest BCUT2D eigenvalue weighted by Gasteiger charge is -2.15. The normalized spacial score (nSPS) is 14.3. The summed E-state index contributed by atoms with van der Waals surface area (Å²) in [7, 11) is 0. The minimum atomic E-state index is -0.0566. The second-order valence-electron chi connectivity index (χ2n) is 12.0. The summed E-state index contributed by atoms with van der Waals surface area (Å²) >= 11 is 0. The lowest BCUT2D eigenvalue weighted by molar-refractivity contribution is -0.142. The third kappa shape index (κ3) is 27.5. The van der Waals surface area contributed by atoms with Gasteiger partial charge in [0, 0.05) is 6.42 Å². The number of allylic oxidation sites excluding steroid dienone is 7. The van der Waals surface area contributed by atoms with Crippen LogP contribution in [0, 0.1) is 17.8 Å². The first kappa shape index (κ1) is 36.4. The number of ether oxygens (including phenoxy) is 1. The maximum absolute atomic E-state index is 12.0. The second-order valence-corrected chi connectivity index (χ2v) is 12.0. The number of hydrogen-bond acceptors (Lipinski definition) is 2. The fourth-order valence-corrected chi connectivity index (χ4v) is 4.69. The lowest BCUT2D eigenvalue weighted by atomic mass is 9.91. The molecule has 0 saturated heterocycles. The summed E-state index contributed by atoms with van der Waals surface area (Å²) in [6.07, 6.45) is 35.3. The van der Waals surface area contributed by atoms with E-state index in [2.05, 4.69) is 84.1 Å². The highest BCUT2D eigenvalue weighted by molar-refractivity contribution is 5.69. The maximum atomic E-state index is 12.0. The van der Waals surface area contributed by atoms with Crippen molar-refractivity contribution in [3.8, 4) is 0 Å². The van der Waals surface area contributed by atoms with Gasteiger partial charge in [-0.15, -0.1) is 0 Å². The molecule has 0 fully saturated rings. The predicted molar refractivity (Wildman–Crippen MR) is 169 cm³/mol. The van der Waals surface area contributed by atoms with Crippen LogP contribution in [0.15, 0.2) is 48.1 Å². The molecule has 0 spiro atoms. The average molecular weight is 529 g/mol. The molecule has 2 nitrogen and oxygen atoms in total. The molecule has 220 valence electrons. The summed E-state index contributed by atoms with van der Waals surface area (Å²) in [5.74, 6) is 2.48. The van der Waals surface area contributed by atoms with E-state index in [0.717, 1.165) is 69.1 Å². The van der Waals surface area contributed by atoms with Crippen LogP contribution in [0.3, 0.4) is 0 Å². The zero-order valence-electron chi connectivity index (χ0n) is 26.3. The molecular formula is C36H64O2. The molecule has 2 heteroatoms. The first-order valence-electron chi connectivity index (χ1n) is 16.1. The summed E-state index contributed by atoms with van der Waals surface area (Å²) in [6, 6.07) is 0. The van der Waals surface area contributed by atoms with Crippen molar-refractivity contribution in [2.45, 2.75) is 151 Å². The molecule has 0 rings (SSSR count). The van der Waals surface area contributed by atoms with E-state index in [0.29, 0.717) is 13.0 Å². The number of carbonyl (C=O) groups excluding carboxylic acids is 1. The molecular weight excluding hydrogens is 464 g/mol. The van der Waals surface area contributed by atoms with Crippen molar-refractivity contribution in [1.82, 2.24) is 0 Å². The van der Waals surface area contributed by atoms with Gasteiger partial charge in [-0.25, -0.2) is 0 Å². The minimum Gasteiger partial charge on any atom is -0.461 e. The molecule has 38 heavy (non-hydrogen) atoms. The topological polar surface area (TPSA) is 26.3 Å². The van der Waals surface area contributed by atoms with Crippen molar-refractivity contribution >= 4 is 5.97 Å². The van der Waals surface area contributed by atoms with Crippen LogP contribution < -0.4 is 0 Å². The summed E-state index contributed by atoms with van der Waals surface area (Å²) < 4.78 is 5.42. The Hall–Kier alpha value is -1.57. The van der Waals surface area contributed by atoms with Crippen molar-refractivity contribution in [3.63, 3.8) is 0 Å². The van der Waals surface area contributed by atoms with Crippen molar-refractivity contribution in [3.05, 3.63) is 48.1 Å². The predicted octanol–water partition coefficient (Wildman–Crippen LogP) is 11.7. The van der Waals surface area contributed by atoms with Crippen LogP contribution in [0.4, 0.5) is 0 Å². The standard InChI is InChI=1S/C36H64O2/c1-7-8-9-10-11-12-13-14-15-16-17-18-19-29-36(37)38-31-30-35(6)28-22-27-34(5)26-21-25-33(4)24-20-23-32(2)3/h8-9,11-12,14-15,30,32-34H,7,10,13,16-29,31H2,1-6H3/b9-8-,12-11-,15-14-,35-30+/t33-,34-/m1/s1. The second kappa shape index (κ2) is 27.0. The summed E-state index contributed by atoms with van der Waals surface area (Å²) in [5.41, 5.74) is 1.35.